The zero-order chi connectivity index (χ0) is 30.0. The lowest BCUT2D eigenvalue weighted by Crippen LogP contribution is -2.54. The van der Waals surface area contributed by atoms with E-state index in [9.17, 15) is 14.4 Å². The molecule has 0 unspecified atom stereocenters. The fourth-order valence-corrected chi connectivity index (χ4v) is 7.47. The number of allylic oxidation sites excluding steroid dienone is 1. The summed E-state index contributed by atoms with van der Waals surface area (Å²) in [5.74, 6) is 0.330. The molecule has 0 radical (unpaired) electrons. The average Bonchev–Trinajstić information content (AvgIpc) is 3.45. The number of benzene rings is 3. The molecule has 0 aliphatic carbocycles. The molecule has 0 aromatic heterocycles. The number of rotatable bonds is 6. The number of amides is 2. The molecule has 0 saturated carbocycles. The number of anilines is 2. The van der Waals surface area contributed by atoms with Crippen LogP contribution < -0.4 is 28.7 Å². The van der Waals surface area contributed by atoms with E-state index >= 15 is 0 Å². The molecule has 2 amide bonds. The van der Waals surface area contributed by atoms with Crippen molar-refractivity contribution in [3.63, 3.8) is 0 Å². The van der Waals surface area contributed by atoms with Crippen LogP contribution in [0.25, 0.3) is 5.57 Å². The van der Waals surface area contributed by atoms with Gasteiger partial charge in [-0.15, -0.1) is 11.8 Å². The molecular weight excluding hydrogens is 556 g/mol. The first kappa shape index (κ1) is 27.7. The second kappa shape index (κ2) is 9.84. The fraction of sp³-hybridized carbons (Fsp3) is 0.281. The zero-order valence-corrected chi connectivity index (χ0v) is 25.0. The van der Waals surface area contributed by atoms with Crippen LogP contribution in [0.1, 0.15) is 42.3 Å². The van der Waals surface area contributed by atoms with E-state index in [-0.39, 0.29) is 28.9 Å². The van der Waals surface area contributed by atoms with E-state index in [0.29, 0.717) is 28.5 Å². The van der Waals surface area contributed by atoms with Crippen LogP contribution in [0.4, 0.5) is 11.4 Å². The van der Waals surface area contributed by atoms with E-state index in [0.717, 1.165) is 16.8 Å². The highest BCUT2D eigenvalue weighted by atomic mass is 32.2. The Balaban J connectivity index is 1.51. The first-order chi connectivity index (χ1) is 20.1. The van der Waals surface area contributed by atoms with Gasteiger partial charge >= 0.3 is 5.97 Å². The van der Waals surface area contributed by atoms with Gasteiger partial charge in [-0.3, -0.25) is 19.4 Å². The lowest BCUT2D eigenvalue weighted by molar-refractivity contribution is -0.124. The molecule has 1 saturated heterocycles. The summed E-state index contributed by atoms with van der Waals surface area (Å²) in [7, 11) is 4.42. The summed E-state index contributed by atoms with van der Waals surface area (Å²) >= 11 is 1.28. The number of carbonyl (C=O) groups is 3. The number of fused-ring (bicyclic) bond motifs is 1. The van der Waals surface area contributed by atoms with E-state index in [4.69, 9.17) is 18.9 Å². The van der Waals surface area contributed by atoms with Crippen molar-refractivity contribution in [3.8, 4) is 23.0 Å². The zero-order valence-electron chi connectivity index (χ0n) is 24.1. The van der Waals surface area contributed by atoms with Gasteiger partial charge in [0.25, 0.3) is 5.91 Å². The average molecular weight is 587 g/mol. The monoisotopic (exact) mass is 586 g/mol. The molecule has 3 heterocycles. The third-order valence-corrected chi connectivity index (χ3v) is 9.22. The number of methoxy groups -OCH3 is 3. The smallest absolute Gasteiger partial charge is 0.343 e. The van der Waals surface area contributed by atoms with Crippen LogP contribution in [0.15, 0.2) is 60.7 Å². The lowest BCUT2D eigenvalue weighted by atomic mass is 9.89. The molecule has 42 heavy (non-hydrogen) atoms. The van der Waals surface area contributed by atoms with Gasteiger partial charge in [0.1, 0.15) is 5.75 Å². The number of nitrogens with zero attached hydrogens (tertiary/aromatic N) is 2. The van der Waals surface area contributed by atoms with Gasteiger partial charge in [-0.2, -0.15) is 0 Å². The molecule has 10 heteroatoms. The molecule has 3 aliphatic rings. The Morgan fingerprint density at radius 2 is 1.57 bits per heavy atom. The van der Waals surface area contributed by atoms with Crippen molar-refractivity contribution in [2.75, 3.05) is 36.9 Å². The highest BCUT2D eigenvalue weighted by Crippen LogP contribution is 2.60. The van der Waals surface area contributed by atoms with Crippen LogP contribution in [0.2, 0.25) is 0 Å². The van der Waals surface area contributed by atoms with E-state index in [2.05, 4.69) is 0 Å². The summed E-state index contributed by atoms with van der Waals surface area (Å²) in [4.78, 5) is 43.5. The van der Waals surface area contributed by atoms with Gasteiger partial charge in [0.2, 0.25) is 16.5 Å². The van der Waals surface area contributed by atoms with E-state index in [1.807, 2.05) is 57.2 Å². The molecule has 3 aromatic carbocycles. The van der Waals surface area contributed by atoms with E-state index < -0.39 is 16.4 Å². The third-order valence-electron chi connectivity index (χ3n) is 7.83. The summed E-state index contributed by atoms with van der Waals surface area (Å²) in [5, 5.41) is 0. The van der Waals surface area contributed by atoms with Gasteiger partial charge in [-0.25, -0.2) is 4.79 Å². The Morgan fingerprint density at radius 1 is 0.905 bits per heavy atom. The molecule has 3 aromatic rings. The normalized spacial score (nSPS) is 20.0. The van der Waals surface area contributed by atoms with Crippen molar-refractivity contribution in [1.82, 2.24) is 0 Å². The first-order valence-corrected chi connectivity index (χ1v) is 14.3. The maximum atomic E-state index is 14.5. The van der Waals surface area contributed by atoms with Crippen LogP contribution in [0.5, 0.6) is 23.0 Å². The summed E-state index contributed by atoms with van der Waals surface area (Å²) < 4.78 is 22.1. The maximum Gasteiger partial charge on any atom is 0.343 e. The SMILES string of the molecule is COc1cc(C(=O)Oc2cc3c4c(c2)[C@@]2(SCC(=O)N2c2ccccc2)C(=O)N4C(C)(C)C=C3C)cc(OC)c1OC. The van der Waals surface area contributed by atoms with Crippen LogP contribution in [-0.4, -0.2) is 50.4 Å². The van der Waals surface area contributed by atoms with Gasteiger partial charge in [-0.05, 0) is 62.7 Å². The Hall–Kier alpha value is -4.44. The molecule has 1 fully saturated rings. The molecule has 0 bridgehead atoms. The highest BCUT2D eigenvalue weighted by molar-refractivity contribution is 8.02. The quantitative estimate of drug-likeness (QED) is 0.280. The van der Waals surface area contributed by atoms with Crippen LogP contribution in [0, 0.1) is 0 Å². The molecular formula is C32H30N2O7S. The number of ether oxygens (including phenoxy) is 4. The van der Waals surface area contributed by atoms with E-state index in [1.54, 1.807) is 21.9 Å². The minimum atomic E-state index is -1.35. The molecule has 3 aliphatic heterocycles. The highest BCUT2D eigenvalue weighted by Gasteiger charge is 2.64. The number of esters is 1. The molecule has 1 atom stereocenters. The van der Waals surface area contributed by atoms with Gasteiger partial charge < -0.3 is 18.9 Å². The number of hydrogen-bond donors (Lipinski definition) is 0. The molecule has 1 spiro atoms. The van der Waals surface area contributed by atoms with Crippen molar-refractivity contribution in [2.45, 2.75) is 31.2 Å². The second-order valence-corrected chi connectivity index (χ2v) is 12.0. The summed E-state index contributed by atoms with van der Waals surface area (Å²) in [6, 6.07) is 15.7. The van der Waals surface area contributed by atoms with Gasteiger partial charge in [0.15, 0.2) is 11.5 Å². The molecule has 216 valence electrons. The Bertz CT molecular complexity index is 1660. The lowest BCUT2D eigenvalue weighted by Gasteiger charge is -2.40. The van der Waals surface area contributed by atoms with Crippen molar-refractivity contribution in [2.24, 2.45) is 0 Å². The number of thioether (sulfide) groups is 1. The topological polar surface area (TPSA) is 94.6 Å². The second-order valence-electron chi connectivity index (χ2n) is 10.8. The van der Waals surface area contributed by atoms with Crippen molar-refractivity contribution >= 4 is 46.5 Å². The number of carbonyl (C=O) groups excluding carboxylic acids is 3. The minimum Gasteiger partial charge on any atom is -0.493 e. The van der Waals surface area contributed by atoms with Gasteiger partial charge in [0.05, 0.1) is 43.9 Å². The van der Waals surface area contributed by atoms with Gasteiger partial charge in [0, 0.05) is 16.8 Å². The van der Waals surface area contributed by atoms with Crippen molar-refractivity contribution < 1.29 is 33.3 Å². The summed E-state index contributed by atoms with van der Waals surface area (Å²) in [6.45, 7) is 5.93. The maximum absolute atomic E-state index is 14.5. The Kier molecular flexibility index (Phi) is 6.49. The Labute approximate surface area is 248 Å². The van der Waals surface area contributed by atoms with Gasteiger partial charge in [-0.1, -0.05) is 24.3 Å². The molecule has 6 rings (SSSR count). The molecule has 9 nitrogen and oxygen atoms in total. The standard InChI is InChI=1S/C32H30N2O7S/c1-18-16-31(2,3)34-27-22(18)14-21(41-29(36)19-12-24(38-4)28(40-6)25(13-19)39-5)15-23(27)32(30(34)37)33(26(35)17-42-32)20-10-8-7-9-11-20/h7-16H,17H2,1-6H3/t32-/m1/s1. The fourth-order valence-electron chi connectivity index (χ4n) is 6.15. The van der Waals surface area contributed by atoms with Crippen LogP contribution in [-0.2, 0) is 14.5 Å². The van der Waals surface area contributed by atoms with Crippen molar-refractivity contribution in [1.29, 1.82) is 0 Å². The molecule has 0 N–H and O–H groups in total. The summed E-state index contributed by atoms with van der Waals surface area (Å²) in [5.41, 5.74) is 3.20. The van der Waals surface area contributed by atoms with Crippen molar-refractivity contribution in [3.05, 3.63) is 77.4 Å². The largest absolute Gasteiger partial charge is 0.493 e. The third kappa shape index (κ3) is 3.88. The first-order valence-electron chi connectivity index (χ1n) is 13.3. The minimum absolute atomic E-state index is 0.130. The number of hydrogen-bond acceptors (Lipinski definition) is 8. The van der Waals surface area contributed by atoms with Crippen LogP contribution in [0.3, 0.4) is 0 Å². The predicted molar refractivity (Wildman–Crippen MR) is 161 cm³/mol. The Morgan fingerprint density at radius 3 is 2.19 bits per heavy atom. The predicted octanol–water partition coefficient (Wildman–Crippen LogP) is 5.41. The number of para-hydroxylation sites is 1. The van der Waals surface area contributed by atoms with Crippen LogP contribution >= 0.6 is 11.8 Å². The summed E-state index contributed by atoms with van der Waals surface area (Å²) in [6.07, 6.45) is 2.02. The van der Waals surface area contributed by atoms with E-state index in [1.165, 1.54) is 45.2 Å².